The summed E-state index contributed by atoms with van der Waals surface area (Å²) in [6.07, 6.45) is 1.81. The molecular formula is C12H13Br2N3. The van der Waals surface area contributed by atoms with E-state index in [9.17, 15) is 0 Å². The molecule has 3 nitrogen and oxygen atoms in total. The Balaban J connectivity index is 2.40. The van der Waals surface area contributed by atoms with Gasteiger partial charge in [0.2, 0.25) is 0 Å². The Morgan fingerprint density at radius 2 is 2.06 bits per heavy atom. The van der Waals surface area contributed by atoms with Gasteiger partial charge in [-0.05, 0) is 56.0 Å². The van der Waals surface area contributed by atoms with Crippen LogP contribution in [0.25, 0.3) is 0 Å². The van der Waals surface area contributed by atoms with Gasteiger partial charge in [0.1, 0.15) is 5.84 Å². The minimum Gasteiger partial charge on any atom is -0.386 e. The van der Waals surface area contributed by atoms with Crippen molar-refractivity contribution in [1.82, 2.24) is 0 Å². The number of nitrogens with two attached hydrogens (primary N) is 1. The highest BCUT2D eigenvalue weighted by molar-refractivity contribution is 9.13. The summed E-state index contributed by atoms with van der Waals surface area (Å²) in [6.45, 7) is 2.15. The first-order valence-electron chi connectivity index (χ1n) is 5.47. The molecule has 5 heteroatoms. The van der Waals surface area contributed by atoms with Gasteiger partial charge in [-0.1, -0.05) is 13.0 Å². The van der Waals surface area contributed by atoms with E-state index in [0.29, 0.717) is 11.8 Å². The summed E-state index contributed by atoms with van der Waals surface area (Å²) in [7, 11) is 0. The summed E-state index contributed by atoms with van der Waals surface area (Å²) in [6, 6.07) is 6.12. The van der Waals surface area contributed by atoms with E-state index in [4.69, 9.17) is 5.73 Å². The molecule has 2 N–H and O–H groups in total. The van der Waals surface area contributed by atoms with E-state index in [1.807, 2.05) is 12.1 Å². The normalized spacial score (nSPS) is 19.8. The van der Waals surface area contributed by atoms with Crippen LogP contribution >= 0.6 is 31.9 Å². The van der Waals surface area contributed by atoms with E-state index in [1.165, 1.54) is 0 Å². The van der Waals surface area contributed by atoms with Gasteiger partial charge in [-0.3, -0.25) is 0 Å². The van der Waals surface area contributed by atoms with E-state index in [1.54, 1.807) is 0 Å². The Morgan fingerprint density at radius 3 is 2.71 bits per heavy atom. The molecule has 0 saturated heterocycles. The maximum absolute atomic E-state index is 5.72. The second kappa shape index (κ2) is 5.31. The third-order valence-electron chi connectivity index (χ3n) is 2.84. The lowest BCUT2D eigenvalue weighted by molar-refractivity contribution is 0.677. The fourth-order valence-electron chi connectivity index (χ4n) is 1.88. The Bertz CT molecular complexity index is 495. The van der Waals surface area contributed by atoms with Crippen LogP contribution in [0.4, 0.5) is 0 Å². The number of benzene rings is 1. The van der Waals surface area contributed by atoms with Gasteiger partial charge in [-0.2, -0.15) is 5.10 Å². The average Bonchev–Trinajstić information content (AvgIpc) is 2.32. The lowest BCUT2D eigenvalue weighted by atomic mass is 9.90. The van der Waals surface area contributed by atoms with Crippen molar-refractivity contribution in [3.05, 3.63) is 32.7 Å². The minimum atomic E-state index is 0.362. The number of halogens is 2. The molecule has 1 aliphatic heterocycles. The predicted molar refractivity (Wildman–Crippen MR) is 78.4 cm³/mol. The van der Waals surface area contributed by atoms with Crippen molar-refractivity contribution in [2.24, 2.45) is 21.9 Å². The molecule has 0 radical (unpaired) electrons. The highest BCUT2D eigenvalue weighted by atomic mass is 79.9. The number of hydrogen-bond acceptors (Lipinski definition) is 3. The van der Waals surface area contributed by atoms with Crippen LogP contribution in [0.2, 0.25) is 0 Å². The van der Waals surface area contributed by atoms with Crippen LogP contribution in [0.15, 0.2) is 37.3 Å². The summed E-state index contributed by atoms with van der Waals surface area (Å²) in [5, 5.41) is 8.24. The van der Waals surface area contributed by atoms with Gasteiger partial charge in [-0.15, -0.1) is 5.10 Å². The fraction of sp³-hybridized carbons (Fsp3) is 0.333. The van der Waals surface area contributed by atoms with E-state index in [2.05, 4.69) is 55.1 Å². The summed E-state index contributed by atoms with van der Waals surface area (Å²) in [4.78, 5) is 0. The first-order valence-corrected chi connectivity index (χ1v) is 7.05. The molecule has 1 aromatic rings. The van der Waals surface area contributed by atoms with Crippen LogP contribution in [0.3, 0.4) is 0 Å². The SMILES string of the molecule is CCC1CC(N)=NN=C1c1ccc(Br)c(Br)c1. The molecule has 1 aliphatic rings. The van der Waals surface area contributed by atoms with Crippen molar-refractivity contribution >= 4 is 43.4 Å². The van der Waals surface area contributed by atoms with E-state index < -0.39 is 0 Å². The molecule has 0 amide bonds. The maximum Gasteiger partial charge on any atom is 0.123 e. The molecule has 0 bridgehead atoms. The zero-order valence-corrected chi connectivity index (χ0v) is 12.6. The quantitative estimate of drug-likeness (QED) is 0.860. The first-order chi connectivity index (χ1) is 8.11. The van der Waals surface area contributed by atoms with Crippen LogP contribution in [0.1, 0.15) is 25.3 Å². The molecular weight excluding hydrogens is 346 g/mol. The highest BCUT2D eigenvalue weighted by Crippen LogP contribution is 2.27. The van der Waals surface area contributed by atoms with Gasteiger partial charge in [-0.25, -0.2) is 0 Å². The van der Waals surface area contributed by atoms with E-state index in [0.717, 1.165) is 33.1 Å². The van der Waals surface area contributed by atoms with Gasteiger partial charge >= 0.3 is 0 Å². The topological polar surface area (TPSA) is 50.7 Å². The van der Waals surface area contributed by atoms with Crippen molar-refractivity contribution in [1.29, 1.82) is 0 Å². The lowest BCUT2D eigenvalue weighted by Crippen LogP contribution is -2.26. The first kappa shape index (κ1) is 12.8. The van der Waals surface area contributed by atoms with E-state index in [-0.39, 0.29) is 0 Å². The summed E-state index contributed by atoms with van der Waals surface area (Å²) in [5.41, 5.74) is 7.84. The van der Waals surface area contributed by atoms with Crippen LogP contribution in [0, 0.1) is 5.92 Å². The molecule has 90 valence electrons. The van der Waals surface area contributed by atoms with Gasteiger partial charge in [0.15, 0.2) is 0 Å². The number of rotatable bonds is 2. The Hall–Kier alpha value is -0.680. The molecule has 0 saturated carbocycles. The van der Waals surface area contributed by atoms with Crippen molar-refractivity contribution in [2.75, 3.05) is 0 Å². The standard InChI is InChI=1S/C12H13Br2N3/c1-2-7-6-11(15)16-17-12(7)8-3-4-9(13)10(14)5-8/h3-5,7H,2,6H2,1H3,(H2,15,16). The van der Waals surface area contributed by atoms with Gasteiger partial charge in [0, 0.05) is 21.3 Å². The molecule has 0 aromatic heterocycles. The molecule has 17 heavy (non-hydrogen) atoms. The van der Waals surface area contributed by atoms with Crippen molar-refractivity contribution in [2.45, 2.75) is 19.8 Å². The Labute approximate surface area is 117 Å². The summed E-state index contributed by atoms with van der Waals surface area (Å²) in [5.74, 6) is 0.984. The summed E-state index contributed by atoms with van der Waals surface area (Å²) < 4.78 is 2.06. The zero-order valence-electron chi connectivity index (χ0n) is 9.45. The largest absolute Gasteiger partial charge is 0.386 e. The minimum absolute atomic E-state index is 0.362. The smallest absolute Gasteiger partial charge is 0.123 e. The molecule has 1 unspecified atom stereocenters. The van der Waals surface area contributed by atoms with Gasteiger partial charge in [0.25, 0.3) is 0 Å². The third kappa shape index (κ3) is 2.77. The third-order valence-corrected chi connectivity index (χ3v) is 4.72. The van der Waals surface area contributed by atoms with Crippen molar-refractivity contribution in [3.8, 4) is 0 Å². The van der Waals surface area contributed by atoms with Crippen molar-refractivity contribution in [3.63, 3.8) is 0 Å². The van der Waals surface area contributed by atoms with Crippen LogP contribution in [0.5, 0.6) is 0 Å². The number of hydrogen-bond donors (Lipinski definition) is 1. The van der Waals surface area contributed by atoms with Crippen molar-refractivity contribution < 1.29 is 0 Å². The summed E-state index contributed by atoms with van der Waals surface area (Å²) >= 11 is 6.96. The molecule has 1 atom stereocenters. The monoisotopic (exact) mass is 357 g/mol. The molecule has 0 spiro atoms. The maximum atomic E-state index is 5.72. The Kier molecular flexibility index (Phi) is 3.99. The molecule has 1 aromatic carbocycles. The lowest BCUT2D eigenvalue weighted by Gasteiger charge is -2.20. The molecule has 2 rings (SSSR count). The number of nitrogens with zero attached hydrogens (tertiary/aromatic N) is 2. The molecule has 0 fully saturated rings. The van der Waals surface area contributed by atoms with Gasteiger partial charge in [0.05, 0.1) is 5.71 Å². The average molecular weight is 359 g/mol. The van der Waals surface area contributed by atoms with Crippen LogP contribution in [-0.2, 0) is 0 Å². The van der Waals surface area contributed by atoms with E-state index >= 15 is 0 Å². The second-order valence-electron chi connectivity index (χ2n) is 4.01. The number of amidine groups is 1. The zero-order chi connectivity index (χ0) is 12.4. The van der Waals surface area contributed by atoms with Crippen LogP contribution < -0.4 is 5.73 Å². The Morgan fingerprint density at radius 1 is 1.29 bits per heavy atom. The van der Waals surface area contributed by atoms with Crippen LogP contribution in [-0.4, -0.2) is 11.5 Å². The highest BCUT2D eigenvalue weighted by Gasteiger charge is 2.21. The van der Waals surface area contributed by atoms with Gasteiger partial charge < -0.3 is 5.73 Å². The second-order valence-corrected chi connectivity index (χ2v) is 5.72. The fourth-order valence-corrected chi connectivity index (χ4v) is 2.50. The molecule has 0 aliphatic carbocycles. The predicted octanol–water partition coefficient (Wildman–Crippen LogP) is 3.70. The molecule has 1 heterocycles.